The Hall–Kier alpha value is -0.740. The Labute approximate surface area is 74.7 Å². The van der Waals surface area contributed by atoms with Gasteiger partial charge in [0.2, 0.25) is 5.91 Å². The van der Waals surface area contributed by atoms with Crippen LogP contribution in [-0.2, 0) is 4.79 Å². The maximum absolute atomic E-state index is 11.8. The van der Waals surface area contributed by atoms with Crippen molar-refractivity contribution in [2.75, 3.05) is 7.05 Å². The van der Waals surface area contributed by atoms with E-state index in [1.165, 1.54) is 11.9 Å². The molecule has 1 rings (SSSR count). The van der Waals surface area contributed by atoms with Gasteiger partial charge in [0, 0.05) is 13.1 Å². The number of halogens is 3. The summed E-state index contributed by atoms with van der Waals surface area (Å²) in [6.45, 7) is 0. The molecule has 1 aliphatic carbocycles. The van der Waals surface area contributed by atoms with Gasteiger partial charge in [-0.05, 0) is 19.3 Å². The predicted molar refractivity (Wildman–Crippen MR) is 41.1 cm³/mol. The fourth-order valence-corrected chi connectivity index (χ4v) is 1.27. The molecule has 0 radical (unpaired) electrons. The molecule has 1 saturated carbocycles. The van der Waals surface area contributed by atoms with Crippen LogP contribution in [0.2, 0.25) is 0 Å². The second-order valence-electron chi connectivity index (χ2n) is 3.38. The number of nitrogens with zero attached hydrogens (tertiary/aromatic N) is 1. The Morgan fingerprint density at radius 1 is 1.46 bits per heavy atom. The van der Waals surface area contributed by atoms with Crippen LogP contribution in [-0.4, -0.2) is 30.1 Å². The summed E-state index contributed by atoms with van der Waals surface area (Å²) >= 11 is 0. The summed E-state index contributed by atoms with van der Waals surface area (Å²) in [6.07, 6.45) is -3.04. The lowest BCUT2D eigenvalue weighted by Crippen LogP contribution is -2.42. The second-order valence-corrected chi connectivity index (χ2v) is 3.38. The third-order valence-corrected chi connectivity index (χ3v) is 2.37. The molecule has 0 unspecified atom stereocenters. The van der Waals surface area contributed by atoms with Crippen LogP contribution in [0.15, 0.2) is 0 Å². The summed E-state index contributed by atoms with van der Waals surface area (Å²) in [5.41, 5.74) is 0. The summed E-state index contributed by atoms with van der Waals surface area (Å²) in [5.74, 6) is -0.822. The van der Waals surface area contributed by atoms with Crippen LogP contribution < -0.4 is 0 Å². The Bertz CT molecular complexity index is 198. The molecule has 5 heteroatoms. The fourth-order valence-electron chi connectivity index (χ4n) is 1.27. The van der Waals surface area contributed by atoms with Gasteiger partial charge in [-0.3, -0.25) is 4.79 Å². The number of hydrogen-bond acceptors (Lipinski definition) is 1. The summed E-state index contributed by atoms with van der Waals surface area (Å²) in [6, 6.07) is 0.0369. The molecule has 0 bridgehead atoms. The summed E-state index contributed by atoms with van der Waals surface area (Å²) < 4.78 is 35.4. The topological polar surface area (TPSA) is 20.3 Å². The molecule has 2 nitrogen and oxygen atoms in total. The van der Waals surface area contributed by atoms with E-state index in [0.29, 0.717) is 0 Å². The first kappa shape index (κ1) is 10.3. The Morgan fingerprint density at radius 2 is 2.00 bits per heavy atom. The van der Waals surface area contributed by atoms with Gasteiger partial charge in [0.25, 0.3) is 0 Å². The average Bonchev–Trinajstić information content (AvgIpc) is 1.78. The van der Waals surface area contributed by atoms with Gasteiger partial charge >= 0.3 is 6.18 Å². The van der Waals surface area contributed by atoms with Crippen molar-refractivity contribution in [1.82, 2.24) is 4.90 Å². The molecule has 0 atom stereocenters. The van der Waals surface area contributed by atoms with Crippen molar-refractivity contribution in [1.29, 1.82) is 0 Å². The number of amides is 1. The monoisotopic (exact) mass is 195 g/mol. The van der Waals surface area contributed by atoms with Gasteiger partial charge in [-0.25, -0.2) is 0 Å². The van der Waals surface area contributed by atoms with E-state index >= 15 is 0 Å². The van der Waals surface area contributed by atoms with Crippen LogP contribution in [0.3, 0.4) is 0 Å². The highest BCUT2D eigenvalue weighted by atomic mass is 19.4. The van der Waals surface area contributed by atoms with Crippen molar-refractivity contribution < 1.29 is 18.0 Å². The zero-order chi connectivity index (χ0) is 10.1. The van der Waals surface area contributed by atoms with Gasteiger partial charge < -0.3 is 4.90 Å². The van der Waals surface area contributed by atoms with E-state index in [1.54, 1.807) is 0 Å². The molecular formula is C8H12F3NO. The van der Waals surface area contributed by atoms with E-state index in [0.717, 1.165) is 19.3 Å². The van der Waals surface area contributed by atoms with Crippen molar-refractivity contribution in [3.8, 4) is 0 Å². The lowest BCUT2D eigenvalue weighted by molar-refractivity contribution is -0.162. The van der Waals surface area contributed by atoms with Gasteiger partial charge in [0.1, 0.15) is 6.42 Å². The number of carbonyl (C=O) groups is 1. The minimum absolute atomic E-state index is 0.0369. The first-order chi connectivity index (χ1) is 5.90. The molecule has 13 heavy (non-hydrogen) atoms. The van der Waals surface area contributed by atoms with Gasteiger partial charge in [-0.2, -0.15) is 13.2 Å². The third kappa shape index (κ3) is 2.90. The molecular weight excluding hydrogens is 183 g/mol. The van der Waals surface area contributed by atoms with E-state index in [1.807, 2.05) is 0 Å². The standard InChI is InChI=1S/C8H12F3NO/c1-12(6-3-2-4-6)7(13)5-8(9,10)11/h6H,2-5H2,1H3. The fraction of sp³-hybridized carbons (Fsp3) is 0.875. The van der Waals surface area contributed by atoms with E-state index in [2.05, 4.69) is 0 Å². The molecule has 0 aliphatic heterocycles. The molecule has 0 spiro atoms. The molecule has 0 heterocycles. The van der Waals surface area contributed by atoms with Gasteiger partial charge in [-0.15, -0.1) is 0 Å². The van der Waals surface area contributed by atoms with Crippen LogP contribution in [0.5, 0.6) is 0 Å². The van der Waals surface area contributed by atoms with Gasteiger partial charge in [-0.1, -0.05) is 0 Å². The van der Waals surface area contributed by atoms with Crippen LogP contribution in [0, 0.1) is 0 Å². The molecule has 1 aliphatic rings. The average molecular weight is 195 g/mol. The van der Waals surface area contributed by atoms with E-state index < -0.39 is 18.5 Å². The van der Waals surface area contributed by atoms with E-state index in [-0.39, 0.29) is 6.04 Å². The van der Waals surface area contributed by atoms with E-state index in [4.69, 9.17) is 0 Å². The Kier molecular flexibility index (Phi) is 2.83. The molecule has 0 N–H and O–H groups in total. The summed E-state index contributed by atoms with van der Waals surface area (Å²) in [4.78, 5) is 12.2. The minimum atomic E-state index is -4.38. The number of hydrogen-bond donors (Lipinski definition) is 0. The molecule has 0 aromatic rings. The highest BCUT2D eigenvalue weighted by Crippen LogP contribution is 2.26. The number of carbonyl (C=O) groups excluding carboxylic acids is 1. The van der Waals surface area contributed by atoms with Crippen LogP contribution in [0.4, 0.5) is 13.2 Å². The summed E-state index contributed by atoms with van der Waals surface area (Å²) in [5, 5.41) is 0. The molecule has 0 aromatic carbocycles. The van der Waals surface area contributed by atoms with Crippen molar-refractivity contribution in [2.24, 2.45) is 0 Å². The summed E-state index contributed by atoms with van der Waals surface area (Å²) in [7, 11) is 1.44. The lowest BCUT2D eigenvalue weighted by atomic mass is 9.92. The smallest absolute Gasteiger partial charge is 0.342 e. The minimum Gasteiger partial charge on any atom is -0.342 e. The zero-order valence-corrected chi connectivity index (χ0v) is 7.40. The maximum atomic E-state index is 11.8. The predicted octanol–water partition coefficient (Wildman–Crippen LogP) is 1.95. The Morgan fingerprint density at radius 3 is 2.31 bits per heavy atom. The maximum Gasteiger partial charge on any atom is 0.397 e. The van der Waals surface area contributed by atoms with Gasteiger partial charge in [0.15, 0.2) is 0 Å². The molecule has 0 saturated heterocycles. The zero-order valence-electron chi connectivity index (χ0n) is 7.40. The molecule has 1 amide bonds. The molecule has 76 valence electrons. The van der Waals surface area contributed by atoms with Crippen molar-refractivity contribution >= 4 is 5.91 Å². The van der Waals surface area contributed by atoms with Crippen molar-refractivity contribution in [3.05, 3.63) is 0 Å². The van der Waals surface area contributed by atoms with Crippen LogP contribution >= 0.6 is 0 Å². The number of rotatable bonds is 2. The van der Waals surface area contributed by atoms with Crippen LogP contribution in [0.25, 0.3) is 0 Å². The quantitative estimate of drug-likeness (QED) is 0.659. The highest BCUT2D eigenvalue weighted by Gasteiger charge is 2.35. The van der Waals surface area contributed by atoms with Crippen LogP contribution in [0.1, 0.15) is 25.7 Å². The largest absolute Gasteiger partial charge is 0.397 e. The van der Waals surface area contributed by atoms with E-state index in [9.17, 15) is 18.0 Å². The normalized spacial score (nSPS) is 18.2. The highest BCUT2D eigenvalue weighted by molar-refractivity contribution is 5.76. The van der Waals surface area contributed by atoms with Crippen molar-refractivity contribution in [3.63, 3.8) is 0 Å². The lowest BCUT2D eigenvalue weighted by Gasteiger charge is -2.34. The third-order valence-electron chi connectivity index (χ3n) is 2.37. The first-order valence-electron chi connectivity index (χ1n) is 4.22. The SMILES string of the molecule is CN(C(=O)CC(F)(F)F)C1CCC1. The Balaban J connectivity index is 2.38. The number of alkyl halides is 3. The van der Waals surface area contributed by atoms with Crippen molar-refractivity contribution in [2.45, 2.75) is 37.9 Å². The first-order valence-corrected chi connectivity index (χ1v) is 4.22. The molecule has 0 aromatic heterocycles. The molecule has 1 fully saturated rings. The second kappa shape index (κ2) is 3.55. The van der Waals surface area contributed by atoms with Gasteiger partial charge in [0.05, 0.1) is 0 Å².